The van der Waals surface area contributed by atoms with Gasteiger partial charge in [-0.25, -0.2) is 0 Å². The number of hydrogen-bond donors (Lipinski definition) is 2. The van der Waals surface area contributed by atoms with Gasteiger partial charge >= 0.3 is 0 Å². The van der Waals surface area contributed by atoms with Crippen LogP contribution < -0.4 is 11.5 Å². The van der Waals surface area contributed by atoms with Crippen LogP contribution in [-0.2, 0) is 6.54 Å². The lowest BCUT2D eigenvalue weighted by Crippen LogP contribution is -1.98. The number of rotatable bonds is 2. The second-order valence-corrected chi connectivity index (χ2v) is 2.93. The molecule has 1 aromatic heterocycles. The third kappa shape index (κ3) is 1.47. The summed E-state index contributed by atoms with van der Waals surface area (Å²) in [5.41, 5.74) is 13.7. The molecule has 0 atom stereocenters. The van der Waals surface area contributed by atoms with E-state index in [1.54, 1.807) is 0 Å². The molecule has 4 heteroatoms. The largest absolute Gasteiger partial charge is 0.432 e. The first kappa shape index (κ1) is 8.77. The maximum Gasteiger partial charge on any atom is 0.292 e. The van der Waals surface area contributed by atoms with Gasteiger partial charge in [-0.2, -0.15) is 4.98 Å². The van der Waals surface area contributed by atoms with Gasteiger partial charge < -0.3 is 15.9 Å². The molecule has 72 valence electrons. The number of benzene rings is 1. The van der Waals surface area contributed by atoms with Gasteiger partial charge in [0.15, 0.2) is 0 Å². The van der Waals surface area contributed by atoms with Gasteiger partial charge in [-0.15, -0.1) is 0 Å². The Morgan fingerprint density at radius 2 is 2.07 bits per heavy atom. The minimum absolute atomic E-state index is 0.173. The zero-order chi connectivity index (χ0) is 9.97. The standard InChI is InChI=1S/C10H11N3O/c11-5-7-3-1-2-4-8(7)9-6-14-10(12)13-9/h1-4,6H,5,11H2,(H2,12,13). The summed E-state index contributed by atoms with van der Waals surface area (Å²) in [5.74, 6) is 0. The monoisotopic (exact) mass is 189 g/mol. The van der Waals surface area contributed by atoms with E-state index in [-0.39, 0.29) is 6.01 Å². The molecule has 2 aromatic rings. The van der Waals surface area contributed by atoms with Crippen LogP contribution in [0.4, 0.5) is 6.01 Å². The van der Waals surface area contributed by atoms with E-state index in [9.17, 15) is 0 Å². The van der Waals surface area contributed by atoms with E-state index in [0.717, 1.165) is 16.8 Å². The molecule has 4 nitrogen and oxygen atoms in total. The van der Waals surface area contributed by atoms with Crippen molar-refractivity contribution in [2.75, 3.05) is 5.73 Å². The summed E-state index contributed by atoms with van der Waals surface area (Å²) in [6.45, 7) is 0.475. The third-order valence-electron chi connectivity index (χ3n) is 2.04. The molecule has 0 fully saturated rings. The Morgan fingerprint density at radius 1 is 1.29 bits per heavy atom. The van der Waals surface area contributed by atoms with Crippen LogP contribution in [0.5, 0.6) is 0 Å². The third-order valence-corrected chi connectivity index (χ3v) is 2.04. The molecule has 1 heterocycles. The lowest BCUT2D eigenvalue weighted by molar-refractivity contribution is 0.581. The van der Waals surface area contributed by atoms with E-state index < -0.39 is 0 Å². The lowest BCUT2D eigenvalue weighted by Gasteiger charge is -2.02. The molecule has 0 saturated heterocycles. The highest BCUT2D eigenvalue weighted by atomic mass is 16.4. The molecule has 0 aliphatic rings. The first-order chi connectivity index (χ1) is 6.81. The summed E-state index contributed by atoms with van der Waals surface area (Å²) < 4.78 is 4.94. The number of anilines is 1. The molecular weight excluding hydrogens is 178 g/mol. The molecule has 0 aliphatic carbocycles. The minimum atomic E-state index is 0.173. The predicted molar refractivity (Wildman–Crippen MR) is 54.2 cm³/mol. The fourth-order valence-electron chi connectivity index (χ4n) is 1.36. The number of nitrogen functional groups attached to an aromatic ring is 1. The molecule has 2 rings (SSSR count). The SMILES string of the molecule is NCc1ccccc1-c1coc(N)n1. The van der Waals surface area contributed by atoms with Crippen LogP contribution in [-0.4, -0.2) is 4.98 Å². The summed E-state index contributed by atoms with van der Waals surface area (Å²) >= 11 is 0. The summed E-state index contributed by atoms with van der Waals surface area (Å²) in [7, 11) is 0. The summed E-state index contributed by atoms with van der Waals surface area (Å²) in [6, 6.07) is 7.94. The Kier molecular flexibility index (Phi) is 2.20. The Balaban J connectivity index is 2.50. The average Bonchev–Trinajstić information content (AvgIpc) is 2.65. The van der Waals surface area contributed by atoms with Crippen molar-refractivity contribution >= 4 is 6.01 Å². The number of nitrogens with two attached hydrogens (primary N) is 2. The van der Waals surface area contributed by atoms with Crippen molar-refractivity contribution < 1.29 is 4.42 Å². The van der Waals surface area contributed by atoms with Gasteiger partial charge in [0.2, 0.25) is 0 Å². The molecule has 1 aromatic carbocycles. The van der Waals surface area contributed by atoms with Crippen molar-refractivity contribution in [2.24, 2.45) is 5.73 Å². The lowest BCUT2D eigenvalue weighted by atomic mass is 10.1. The number of hydrogen-bond acceptors (Lipinski definition) is 4. The maximum absolute atomic E-state index is 5.61. The van der Waals surface area contributed by atoms with Crippen molar-refractivity contribution in [2.45, 2.75) is 6.54 Å². The Morgan fingerprint density at radius 3 is 2.71 bits per heavy atom. The van der Waals surface area contributed by atoms with E-state index in [0.29, 0.717) is 6.54 Å². The van der Waals surface area contributed by atoms with Gasteiger partial charge in [0.05, 0.1) is 0 Å². The predicted octanol–water partition coefficient (Wildman–Crippen LogP) is 1.38. The van der Waals surface area contributed by atoms with Gasteiger partial charge in [-0.3, -0.25) is 0 Å². The van der Waals surface area contributed by atoms with Gasteiger partial charge in [-0.1, -0.05) is 24.3 Å². The Hall–Kier alpha value is -1.81. The fraction of sp³-hybridized carbons (Fsp3) is 0.100. The van der Waals surface area contributed by atoms with E-state index in [2.05, 4.69) is 4.98 Å². The average molecular weight is 189 g/mol. The molecule has 0 spiro atoms. The Labute approximate surface area is 81.5 Å². The minimum Gasteiger partial charge on any atom is -0.432 e. The molecule has 0 radical (unpaired) electrons. The highest BCUT2D eigenvalue weighted by Gasteiger charge is 2.06. The van der Waals surface area contributed by atoms with Gasteiger partial charge in [0.25, 0.3) is 6.01 Å². The summed E-state index contributed by atoms with van der Waals surface area (Å²) in [5, 5.41) is 0. The van der Waals surface area contributed by atoms with E-state index in [1.807, 2.05) is 24.3 Å². The van der Waals surface area contributed by atoms with Crippen LogP contribution in [0.1, 0.15) is 5.56 Å². The molecule has 0 unspecified atom stereocenters. The van der Waals surface area contributed by atoms with Gasteiger partial charge in [0.1, 0.15) is 12.0 Å². The van der Waals surface area contributed by atoms with Crippen LogP contribution in [0.15, 0.2) is 34.9 Å². The second-order valence-electron chi connectivity index (χ2n) is 2.93. The molecule has 0 bridgehead atoms. The fourth-order valence-corrected chi connectivity index (χ4v) is 1.36. The van der Waals surface area contributed by atoms with Gasteiger partial charge in [0, 0.05) is 12.1 Å². The van der Waals surface area contributed by atoms with Crippen LogP contribution in [0.3, 0.4) is 0 Å². The molecular formula is C10H11N3O. The number of oxazole rings is 1. The molecule has 4 N–H and O–H groups in total. The van der Waals surface area contributed by atoms with Crippen LogP contribution in [0.2, 0.25) is 0 Å². The van der Waals surface area contributed by atoms with Crippen LogP contribution in [0.25, 0.3) is 11.3 Å². The molecule has 0 amide bonds. The van der Waals surface area contributed by atoms with E-state index >= 15 is 0 Å². The van der Waals surface area contributed by atoms with Crippen molar-refractivity contribution in [1.82, 2.24) is 4.98 Å². The van der Waals surface area contributed by atoms with Crippen molar-refractivity contribution in [1.29, 1.82) is 0 Å². The van der Waals surface area contributed by atoms with Crippen LogP contribution in [0, 0.1) is 0 Å². The highest BCUT2D eigenvalue weighted by molar-refractivity contribution is 5.63. The first-order valence-corrected chi connectivity index (χ1v) is 4.30. The normalized spacial score (nSPS) is 10.4. The number of nitrogens with zero attached hydrogens (tertiary/aromatic N) is 1. The first-order valence-electron chi connectivity index (χ1n) is 4.30. The maximum atomic E-state index is 5.61. The summed E-state index contributed by atoms with van der Waals surface area (Å²) in [4.78, 5) is 4.05. The van der Waals surface area contributed by atoms with Crippen molar-refractivity contribution in [3.05, 3.63) is 36.1 Å². The Bertz CT molecular complexity index is 436. The van der Waals surface area contributed by atoms with E-state index in [1.165, 1.54) is 6.26 Å². The van der Waals surface area contributed by atoms with Gasteiger partial charge in [-0.05, 0) is 5.56 Å². The second kappa shape index (κ2) is 3.51. The number of aromatic nitrogens is 1. The van der Waals surface area contributed by atoms with Crippen molar-refractivity contribution in [3.8, 4) is 11.3 Å². The molecule has 0 saturated carbocycles. The van der Waals surface area contributed by atoms with Crippen molar-refractivity contribution in [3.63, 3.8) is 0 Å². The van der Waals surface area contributed by atoms with Crippen LogP contribution >= 0.6 is 0 Å². The smallest absolute Gasteiger partial charge is 0.292 e. The highest BCUT2D eigenvalue weighted by Crippen LogP contribution is 2.22. The summed E-state index contributed by atoms with van der Waals surface area (Å²) in [6.07, 6.45) is 1.53. The zero-order valence-corrected chi connectivity index (χ0v) is 7.60. The zero-order valence-electron chi connectivity index (χ0n) is 7.60. The molecule has 14 heavy (non-hydrogen) atoms. The molecule has 0 aliphatic heterocycles. The quantitative estimate of drug-likeness (QED) is 0.748. The van der Waals surface area contributed by atoms with E-state index in [4.69, 9.17) is 15.9 Å². The topological polar surface area (TPSA) is 78.1 Å².